The summed E-state index contributed by atoms with van der Waals surface area (Å²) in [6.45, 7) is 2.64. The Morgan fingerprint density at radius 3 is 3.04 bits per heavy atom. The van der Waals surface area contributed by atoms with Crippen LogP contribution >= 0.6 is 0 Å². The smallest absolute Gasteiger partial charge is 0.317 e. The number of urea groups is 1. The topological polar surface area (TPSA) is 79.5 Å². The molecule has 0 radical (unpaired) electrons. The van der Waals surface area contributed by atoms with Gasteiger partial charge in [-0.2, -0.15) is 5.10 Å². The molecule has 2 atom stereocenters. The lowest BCUT2D eigenvalue weighted by molar-refractivity contribution is -0.186. The first-order valence-corrected chi connectivity index (χ1v) is 9.58. The molecule has 1 aromatic heterocycles. The van der Waals surface area contributed by atoms with E-state index in [2.05, 4.69) is 15.5 Å². The summed E-state index contributed by atoms with van der Waals surface area (Å²) in [5.74, 6) is -0.0247. The van der Waals surface area contributed by atoms with E-state index >= 15 is 0 Å². The van der Waals surface area contributed by atoms with Gasteiger partial charge in [-0.3, -0.25) is 5.10 Å². The lowest BCUT2D eigenvalue weighted by atomic mass is 9.94. The van der Waals surface area contributed by atoms with Gasteiger partial charge in [-0.05, 0) is 31.7 Å². The molecule has 25 heavy (non-hydrogen) atoms. The van der Waals surface area contributed by atoms with Crippen LogP contribution in [0.15, 0.2) is 12.3 Å². The molecule has 1 aliphatic carbocycles. The predicted octanol–water partition coefficient (Wildman–Crippen LogP) is 2.37. The van der Waals surface area contributed by atoms with Crippen molar-refractivity contribution in [2.45, 2.75) is 62.8 Å². The second-order valence-electron chi connectivity index (χ2n) is 7.51. The third kappa shape index (κ3) is 3.82. The van der Waals surface area contributed by atoms with E-state index in [1.54, 1.807) is 6.20 Å². The molecule has 3 aliphatic rings. The summed E-state index contributed by atoms with van der Waals surface area (Å²) >= 11 is 0. The number of carbonyl (C=O) groups is 1. The summed E-state index contributed by atoms with van der Waals surface area (Å²) < 4.78 is 12.1. The van der Waals surface area contributed by atoms with Crippen molar-refractivity contribution in [1.82, 2.24) is 20.4 Å². The van der Waals surface area contributed by atoms with Crippen LogP contribution in [0.2, 0.25) is 0 Å². The Kier molecular flexibility index (Phi) is 4.94. The first-order valence-electron chi connectivity index (χ1n) is 9.58. The molecule has 3 fully saturated rings. The molecule has 3 heterocycles. The monoisotopic (exact) mass is 348 g/mol. The standard InChI is InChI=1S/C18H28N4O3/c23-17(22-10-4-5-14(12-22)16-6-9-20-21-16)19-11-15-13-24-18(25-15)7-2-1-3-8-18/h6,9,14-15H,1-5,7-8,10-13H2,(H,19,23)(H,20,21)/t14-,15+/m1/s1. The number of aromatic nitrogens is 2. The Bertz CT molecular complexity index is 571. The first-order chi connectivity index (χ1) is 12.2. The molecule has 0 unspecified atom stereocenters. The molecule has 1 saturated carbocycles. The van der Waals surface area contributed by atoms with Crippen molar-refractivity contribution in [3.63, 3.8) is 0 Å². The molecule has 2 saturated heterocycles. The lowest BCUT2D eigenvalue weighted by Gasteiger charge is -2.33. The molecule has 2 aliphatic heterocycles. The van der Waals surface area contributed by atoms with Gasteiger partial charge in [0.1, 0.15) is 6.10 Å². The number of nitrogens with zero attached hydrogens (tertiary/aromatic N) is 2. The number of likely N-dealkylation sites (tertiary alicyclic amines) is 1. The molecular formula is C18H28N4O3. The van der Waals surface area contributed by atoms with E-state index in [1.165, 1.54) is 19.3 Å². The van der Waals surface area contributed by atoms with E-state index in [9.17, 15) is 4.79 Å². The first kappa shape index (κ1) is 16.8. The molecule has 7 nitrogen and oxygen atoms in total. The van der Waals surface area contributed by atoms with Gasteiger partial charge in [-0.25, -0.2) is 4.79 Å². The van der Waals surface area contributed by atoms with Gasteiger partial charge in [0.05, 0.1) is 6.61 Å². The van der Waals surface area contributed by atoms with Crippen LogP contribution < -0.4 is 5.32 Å². The molecule has 4 rings (SSSR count). The average Bonchev–Trinajstić information content (AvgIpc) is 3.31. The highest BCUT2D eigenvalue weighted by molar-refractivity contribution is 5.74. The molecule has 7 heteroatoms. The second kappa shape index (κ2) is 7.33. The zero-order chi connectivity index (χ0) is 17.1. The van der Waals surface area contributed by atoms with E-state index < -0.39 is 0 Å². The Hall–Kier alpha value is -1.60. The van der Waals surface area contributed by atoms with Crippen molar-refractivity contribution in [2.24, 2.45) is 0 Å². The van der Waals surface area contributed by atoms with Crippen molar-refractivity contribution in [1.29, 1.82) is 0 Å². The van der Waals surface area contributed by atoms with E-state index in [0.29, 0.717) is 19.1 Å². The maximum absolute atomic E-state index is 12.5. The quantitative estimate of drug-likeness (QED) is 0.879. The van der Waals surface area contributed by atoms with Gasteiger partial charge in [-0.1, -0.05) is 6.42 Å². The third-order valence-corrected chi connectivity index (χ3v) is 5.68. The number of ether oxygens (including phenoxy) is 2. The minimum absolute atomic E-state index is 0.00240. The van der Waals surface area contributed by atoms with E-state index in [0.717, 1.165) is 44.5 Å². The highest BCUT2D eigenvalue weighted by atomic mass is 16.7. The van der Waals surface area contributed by atoms with Gasteiger partial charge in [0.2, 0.25) is 0 Å². The zero-order valence-corrected chi connectivity index (χ0v) is 14.7. The van der Waals surface area contributed by atoms with Gasteiger partial charge in [0.15, 0.2) is 5.79 Å². The van der Waals surface area contributed by atoms with Crippen LogP contribution in [-0.4, -0.2) is 59.3 Å². The van der Waals surface area contributed by atoms with Crippen molar-refractivity contribution in [2.75, 3.05) is 26.2 Å². The zero-order valence-electron chi connectivity index (χ0n) is 14.7. The SMILES string of the molecule is O=C(NC[C@H]1COC2(CCCCC2)O1)N1CCC[C@@H](c2ccn[nH]2)C1. The number of H-pyrrole nitrogens is 1. The van der Waals surface area contributed by atoms with Crippen LogP contribution in [0.1, 0.15) is 56.6 Å². The third-order valence-electron chi connectivity index (χ3n) is 5.68. The number of hydrogen-bond acceptors (Lipinski definition) is 4. The normalized spacial score (nSPS) is 29.0. The van der Waals surface area contributed by atoms with Crippen LogP contribution in [0.3, 0.4) is 0 Å². The fourth-order valence-corrected chi connectivity index (χ4v) is 4.29. The van der Waals surface area contributed by atoms with Crippen LogP contribution in [-0.2, 0) is 9.47 Å². The summed E-state index contributed by atoms with van der Waals surface area (Å²) in [4.78, 5) is 14.4. The molecule has 1 aromatic rings. The van der Waals surface area contributed by atoms with E-state index in [1.807, 2.05) is 11.0 Å². The minimum Gasteiger partial charge on any atom is -0.347 e. The summed E-state index contributed by atoms with van der Waals surface area (Å²) in [7, 11) is 0. The van der Waals surface area contributed by atoms with Crippen LogP contribution in [0, 0.1) is 0 Å². The maximum Gasteiger partial charge on any atom is 0.317 e. The fraction of sp³-hybridized carbons (Fsp3) is 0.778. The Morgan fingerprint density at radius 1 is 1.36 bits per heavy atom. The lowest BCUT2D eigenvalue weighted by Crippen LogP contribution is -2.47. The van der Waals surface area contributed by atoms with E-state index in [4.69, 9.17) is 9.47 Å². The van der Waals surface area contributed by atoms with Crippen molar-refractivity contribution < 1.29 is 14.3 Å². The predicted molar refractivity (Wildman–Crippen MR) is 92.2 cm³/mol. The number of rotatable bonds is 3. The van der Waals surface area contributed by atoms with Crippen LogP contribution in [0.5, 0.6) is 0 Å². The average molecular weight is 348 g/mol. The Morgan fingerprint density at radius 2 is 2.24 bits per heavy atom. The number of nitrogens with one attached hydrogen (secondary N) is 2. The number of hydrogen-bond donors (Lipinski definition) is 2. The molecule has 0 bridgehead atoms. The van der Waals surface area contributed by atoms with Crippen LogP contribution in [0.25, 0.3) is 0 Å². The molecular weight excluding hydrogens is 320 g/mol. The fourth-order valence-electron chi connectivity index (χ4n) is 4.29. The number of aromatic amines is 1. The maximum atomic E-state index is 12.5. The Labute approximate surface area is 148 Å². The molecule has 2 amide bonds. The number of amides is 2. The van der Waals surface area contributed by atoms with Crippen LogP contribution in [0.4, 0.5) is 4.79 Å². The van der Waals surface area contributed by atoms with Crippen molar-refractivity contribution in [3.8, 4) is 0 Å². The van der Waals surface area contributed by atoms with Crippen molar-refractivity contribution >= 4 is 6.03 Å². The van der Waals surface area contributed by atoms with Gasteiger partial charge < -0.3 is 19.7 Å². The molecule has 0 aromatic carbocycles. The summed E-state index contributed by atoms with van der Waals surface area (Å²) in [5, 5.41) is 10.1. The highest BCUT2D eigenvalue weighted by Gasteiger charge is 2.42. The van der Waals surface area contributed by atoms with E-state index in [-0.39, 0.29) is 17.9 Å². The van der Waals surface area contributed by atoms with Gasteiger partial charge in [0.25, 0.3) is 0 Å². The number of carbonyl (C=O) groups excluding carboxylic acids is 1. The Balaban J connectivity index is 1.25. The van der Waals surface area contributed by atoms with Gasteiger partial charge in [0, 0.05) is 50.3 Å². The second-order valence-corrected chi connectivity index (χ2v) is 7.51. The highest BCUT2D eigenvalue weighted by Crippen LogP contribution is 2.37. The molecule has 138 valence electrons. The van der Waals surface area contributed by atoms with Crippen molar-refractivity contribution in [3.05, 3.63) is 18.0 Å². The minimum atomic E-state index is -0.371. The molecule has 1 spiro atoms. The molecule has 2 N–H and O–H groups in total. The van der Waals surface area contributed by atoms with Gasteiger partial charge in [-0.15, -0.1) is 0 Å². The number of piperidine rings is 1. The largest absolute Gasteiger partial charge is 0.347 e. The van der Waals surface area contributed by atoms with Gasteiger partial charge >= 0.3 is 6.03 Å². The summed E-state index contributed by atoms with van der Waals surface area (Å²) in [6, 6.07) is 2.00. The summed E-state index contributed by atoms with van der Waals surface area (Å²) in [6.07, 6.45) is 9.41. The summed E-state index contributed by atoms with van der Waals surface area (Å²) in [5.41, 5.74) is 1.12.